The first-order valence-corrected chi connectivity index (χ1v) is 11.3. The van der Waals surface area contributed by atoms with E-state index in [1.54, 1.807) is 0 Å². The number of carboxylic acids is 1. The highest BCUT2D eigenvalue weighted by Crippen LogP contribution is 2.49. The van der Waals surface area contributed by atoms with Crippen molar-refractivity contribution in [2.45, 2.75) is 26.7 Å². The Balaban J connectivity index is 1.70. The van der Waals surface area contributed by atoms with Gasteiger partial charge in [0.25, 0.3) is 0 Å². The normalized spacial score (nSPS) is 23.7. The van der Waals surface area contributed by atoms with Crippen LogP contribution in [-0.4, -0.2) is 29.6 Å². The molecule has 0 aliphatic heterocycles. The number of anilines is 1. The largest absolute Gasteiger partial charge is 0.481 e. The zero-order valence-electron chi connectivity index (χ0n) is 17.5. The van der Waals surface area contributed by atoms with E-state index in [0.717, 1.165) is 16.0 Å². The summed E-state index contributed by atoms with van der Waals surface area (Å²) in [6.45, 7) is 4.11. The Morgan fingerprint density at radius 2 is 1.81 bits per heavy atom. The molecule has 162 valence electrons. The number of carboxylic acid groups (broad SMARTS) is 1. The van der Waals surface area contributed by atoms with Crippen LogP contribution in [-0.2, 0) is 14.3 Å². The molecule has 6 nitrogen and oxygen atoms in total. The summed E-state index contributed by atoms with van der Waals surface area (Å²) in [7, 11) is 0. The molecule has 2 aliphatic carbocycles. The summed E-state index contributed by atoms with van der Waals surface area (Å²) in [6.07, 6.45) is 5.22. The van der Waals surface area contributed by atoms with Crippen molar-refractivity contribution >= 4 is 34.2 Å². The number of rotatable bonds is 7. The number of ether oxygens (including phenoxy) is 1. The van der Waals surface area contributed by atoms with Gasteiger partial charge in [-0.05, 0) is 37.2 Å². The lowest BCUT2D eigenvalue weighted by molar-refractivity contribution is -0.146. The number of nitrogens with one attached hydrogen (secondary N) is 1. The molecule has 31 heavy (non-hydrogen) atoms. The number of aryl methyl sites for hydroxylation is 1. The fourth-order valence-electron chi connectivity index (χ4n) is 4.76. The third-order valence-electron chi connectivity index (χ3n) is 6.07. The van der Waals surface area contributed by atoms with Crippen LogP contribution in [0.15, 0.2) is 42.5 Å². The summed E-state index contributed by atoms with van der Waals surface area (Å²) in [5.74, 6) is -3.37. The van der Waals surface area contributed by atoms with E-state index in [4.69, 9.17) is 4.74 Å². The van der Waals surface area contributed by atoms with Crippen molar-refractivity contribution in [1.82, 2.24) is 0 Å². The van der Waals surface area contributed by atoms with Gasteiger partial charge < -0.3 is 15.2 Å². The number of fused-ring (bicyclic) bond motifs is 2. The van der Waals surface area contributed by atoms with Gasteiger partial charge in [0, 0.05) is 10.4 Å². The highest BCUT2D eigenvalue weighted by atomic mass is 32.1. The monoisotopic (exact) mass is 439 g/mol. The average molecular weight is 440 g/mol. The lowest BCUT2D eigenvalue weighted by Gasteiger charge is -2.23. The number of aliphatic carboxylic acids is 1. The molecule has 2 N–H and O–H groups in total. The first-order chi connectivity index (χ1) is 14.9. The van der Waals surface area contributed by atoms with Crippen LogP contribution in [0.1, 0.15) is 35.0 Å². The number of carbonyl (C=O) groups is 3. The highest BCUT2D eigenvalue weighted by Gasteiger charge is 2.51. The summed E-state index contributed by atoms with van der Waals surface area (Å²) in [4.78, 5) is 38.9. The van der Waals surface area contributed by atoms with Gasteiger partial charge >= 0.3 is 11.9 Å². The van der Waals surface area contributed by atoms with Gasteiger partial charge in [0.1, 0.15) is 10.6 Å². The first kappa shape index (κ1) is 21.3. The summed E-state index contributed by atoms with van der Waals surface area (Å²) >= 11 is 1.32. The second kappa shape index (κ2) is 8.67. The Labute approximate surface area is 184 Å². The van der Waals surface area contributed by atoms with Gasteiger partial charge in [0.05, 0.1) is 18.4 Å². The zero-order chi connectivity index (χ0) is 22.1. The molecule has 0 saturated heterocycles. The van der Waals surface area contributed by atoms with Gasteiger partial charge in [-0.3, -0.25) is 9.59 Å². The maximum atomic E-state index is 13.2. The second-order valence-electron chi connectivity index (χ2n) is 8.07. The second-order valence-corrected chi connectivity index (χ2v) is 9.29. The predicted octanol–water partition coefficient (Wildman–Crippen LogP) is 4.75. The molecule has 4 rings (SSSR count). The van der Waals surface area contributed by atoms with Gasteiger partial charge in [-0.1, -0.05) is 49.4 Å². The summed E-state index contributed by atoms with van der Waals surface area (Å²) in [5, 5.41) is 13.0. The first-order valence-electron chi connectivity index (χ1n) is 10.5. The van der Waals surface area contributed by atoms with E-state index in [0.29, 0.717) is 23.4 Å². The molecule has 7 heteroatoms. The van der Waals surface area contributed by atoms with E-state index >= 15 is 0 Å². The third kappa shape index (κ3) is 3.90. The molecule has 0 radical (unpaired) electrons. The van der Waals surface area contributed by atoms with Crippen molar-refractivity contribution in [3.05, 3.63) is 52.9 Å². The predicted molar refractivity (Wildman–Crippen MR) is 119 cm³/mol. The van der Waals surface area contributed by atoms with E-state index in [1.165, 1.54) is 11.3 Å². The smallest absolute Gasteiger partial charge is 0.341 e. The molecule has 1 aromatic heterocycles. The minimum Gasteiger partial charge on any atom is -0.481 e. The number of benzene rings is 1. The van der Waals surface area contributed by atoms with Crippen LogP contribution in [0, 0.1) is 30.6 Å². The van der Waals surface area contributed by atoms with Crippen LogP contribution >= 0.6 is 11.3 Å². The minimum atomic E-state index is -0.952. The quantitative estimate of drug-likeness (QED) is 0.480. The molecular formula is C24H25NO5S. The van der Waals surface area contributed by atoms with Gasteiger partial charge in [-0.15, -0.1) is 11.3 Å². The molecule has 2 aromatic rings. The standard InChI is InChI=1S/C24H25NO5S/c1-3-11-30-24(29)20-17(14-7-5-4-6-8-14)13(2)31-22(20)25-21(26)18-15-9-10-16(12-15)19(18)23(27)28/h4-10,15-16,18-19H,3,11-12H2,1-2H3,(H,25,26)(H,27,28)/t15-,16-,18-,19-/m0/s1. The van der Waals surface area contributed by atoms with Gasteiger partial charge in [0.15, 0.2) is 0 Å². The van der Waals surface area contributed by atoms with Gasteiger partial charge in [-0.2, -0.15) is 0 Å². The molecule has 4 atom stereocenters. The molecule has 0 spiro atoms. The number of hydrogen-bond donors (Lipinski definition) is 2. The van der Waals surface area contributed by atoms with Crippen molar-refractivity contribution in [3.8, 4) is 11.1 Å². The molecule has 2 aliphatic rings. The maximum absolute atomic E-state index is 13.2. The molecule has 1 fully saturated rings. The Hall–Kier alpha value is -2.93. The molecule has 1 amide bonds. The molecule has 1 heterocycles. The maximum Gasteiger partial charge on any atom is 0.341 e. The number of thiophene rings is 1. The molecule has 0 unspecified atom stereocenters. The van der Waals surface area contributed by atoms with Crippen molar-refractivity contribution in [2.75, 3.05) is 11.9 Å². The lowest BCUT2D eigenvalue weighted by Crippen LogP contribution is -2.36. The van der Waals surface area contributed by atoms with Crippen LogP contribution in [0.5, 0.6) is 0 Å². The highest BCUT2D eigenvalue weighted by molar-refractivity contribution is 7.17. The topological polar surface area (TPSA) is 92.7 Å². The fourth-order valence-corrected chi connectivity index (χ4v) is 5.83. The Kier molecular flexibility index (Phi) is 5.96. The molecule has 2 bridgehead atoms. The van der Waals surface area contributed by atoms with E-state index < -0.39 is 23.8 Å². The van der Waals surface area contributed by atoms with Crippen LogP contribution in [0.3, 0.4) is 0 Å². The average Bonchev–Trinajstić information content (AvgIpc) is 3.45. The SMILES string of the molecule is CCCOC(=O)c1c(NC(=O)[C@@H]2[C@@H](C(=O)O)[C@H]3C=C[C@H]2C3)sc(C)c1-c1ccccc1. The van der Waals surface area contributed by atoms with Crippen LogP contribution in [0.25, 0.3) is 11.1 Å². The number of esters is 1. The van der Waals surface area contributed by atoms with Crippen molar-refractivity contribution < 1.29 is 24.2 Å². The summed E-state index contributed by atoms with van der Waals surface area (Å²) < 4.78 is 5.42. The fraction of sp³-hybridized carbons (Fsp3) is 0.375. The zero-order valence-corrected chi connectivity index (χ0v) is 18.3. The van der Waals surface area contributed by atoms with E-state index in [-0.39, 0.29) is 24.3 Å². The van der Waals surface area contributed by atoms with Crippen molar-refractivity contribution in [2.24, 2.45) is 23.7 Å². The molecule has 1 aromatic carbocycles. The van der Waals surface area contributed by atoms with Gasteiger partial charge in [0.2, 0.25) is 5.91 Å². The number of amides is 1. The van der Waals surface area contributed by atoms with Crippen LogP contribution in [0.2, 0.25) is 0 Å². The lowest BCUT2D eigenvalue weighted by atomic mass is 9.82. The minimum absolute atomic E-state index is 0.0868. The number of allylic oxidation sites excluding steroid dienone is 2. The van der Waals surface area contributed by atoms with Crippen LogP contribution in [0.4, 0.5) is 5.00 Å². The molecular weight excluding hydrogens is 414 g/mol. The Bertz CT molecular complexity index is 1040. The Morgan fingerprint density at radius 3 is 2.45 bits per heavy atom. The molecule has 1 saturated carbocycles. The number of carbonyl (C=O) groups excluding carboxylic acids is 2. The summed E-state index contributed by atoms with van der Waals surface area (Å²) in [5.41, 5.74) is 1.94. The van der Waals surface area contributed by atoms with Crippen molar-refractivity contribution in [1.29, 1.82) is 0 Å². The van der Waals surface area contributed by atoms with E-state index in [9.17, 15) is 19.5 Å². The number of hydrogen-bond acceptors (Lipinski definition) is 5. The van der Waals surface area contributed by atoms with Crippen molar-refractivity contribution in [3.63, 3.8) is 0 Å². The summed E-state index contributed by atoms with van der Waals surface area (Å²) in [6, 6.07) is 9.52. The van der Waals surface area contributed by atoms with E-state index in [1.807, 2.05) is 56.3 Å². The van der Waals surface area contributed by atoms with Crippen LogP contribution < -0.4 is 5.32 Å². The van der Waals surface area contributed by atoms with E-state index in [2.05, 4.69) is 5.32 Å². The van der Waals surface area contributed by atoms with Gasteiger partial charge in [-0.25, -0.2) is 4.79 Å². The Morgan fingerprint density at radius 1 is 1.13 bits per heavy atom. The third-order valence-corrected chi connectivity index (χ3v) is 7.09.